The van der Waals surface area contributed by atoms with Crippen LogP contribution in [0, 0.1) is 13.8 Å². The molecule has 0 fully saturated rings. The van der Waals surface area contributed by atoms with Crippen LogP contribution in [0.15, 0.2) is 41.2 Å². The second-order valence-corrected chi connectivity index (χ2v) is 5.59. The van der Waals surface area contributed by atoms with Crippen molar-refractivity contribution < 1.29 is 9.59 Å². The zero-order valence-corrected chi connectivity index (χ0v) is 12.4. The molecule has 3 rings (SSSR count). The molecule has 0 unspecified atom stereocenters. The Morgan fingerprint density at radius 2 is 1.91 bits per heavy atom. The average Bonchev–Trinajstić information content (AvgIpc) is 2.80. The van der Waals surface area contributed by atoms with Gasteiger partial charge in [-0.15, -0.1) is 0 Å². The lowest BCUT2D eigenvalue weighted by molar-refractivity contribution is -0.118. The van der Waals surface area contributed by atoms with E-state index < -0.39 is 5.92 Å². The van der Waals surface area contributed by atoms with Crippen LogP contribution in [0.1, 0.15) is 39.5 Å². The average molecular weight is 296 g/mol. The van der Waals surface area contributed by atoms with E-state index in [0.717, 1.165) is 11.1 Å². The van der Waals surface area contributed by atoms with Crippen molar-refractivity contribution in [2.45, 2.75) is 26.2 Å². The van der Waals surface area contributed by atoms with Crippen LogP contribution in [0.3, 0.4) is 0 Å². The summed E-state index contributed by atoms with van der Waals surface area (Å²) in [5.74, 6) is -0.924. The van der Waals surface area contributed by atoms with Crippen LogP contribution in [0.2, 0.25) is 0 Å². The summed E-state index contributed by atoms with van der Waals surface area (Å²) in [5.41, 5.74) is 5.14. The van der Waals surface area contributed by atoms with Crippen LogP contribution >= 0.6 is 0 Å². The van der Waals surface area contributed by atoms with Gasteiger partial charge in [-0.3, -0.25) is 19.8 Å². The van der Waals surface area contributed by atoms with Gasteiger partial charge in [0.15, 0.2) is 5.78 Å². The van der Waals surface area contributed by atoms with Gasteiger partial charge in [0.05, 0.1) is 5.92 Å². The molecule has 1 atom stereocenters. The number of ketones is 1. The predicted molar refractivity (Wildman–Crippen MR) is 82.7 cm³/mol. The Hall–Kier alpha value is -2.69. The third-order valence-corrected chi connectivity index (χ3v) is 3.93. The maximum atomic E-state index is 12.5. The van der Waals surface area contributed by atoms with Crippen molar-refractivity contribution >= 4 is 11.7 Å². The Kier molecular flexibility index (Phi) is 3.41. The molecule has 5 nitrogen and oxygen atoms in total. The number of nitrogens with one attached hydrogen (secondary N) is 1. The number of aromatic nitrogens is 1. The van der Waals surface area contributed by atoms with Crippen molar-refractivity contribution in [3.63, 3.8) is 0 Å². The van der Waals surface area contributed by atoms with Gasteiger partial charge in [0.25, 0.3) is 5.56 Å². The Balaban J connectivity index is 1.91. The van der Waals surface area contributed by atoms with Crippen LogP contribution in [0.5, 0.6) is 0 Å². The van der Waals surface area contributed by atoms with Gasteiger partial charge >= 0.3 is 0 Å². The SMILES string of the molecule is Cc1cc(C)n(NC(=O)[C@H]2CC(=O)c3ccccc32)c(=O)c1. The van der Waals surface area contributed by atoms with Crippen LogP contribution in [-0.4, -0.2) is 16.4 Å². The third kappa shape index (κ3) is 2.35. The lowest BCUT2D eigenvalue weighted by Gasteiger charge is -2.15. The number of nitrogens with zero attached hydrogens (tertiary/aromatic N) is 1. The number of carbonyl (C=O) groups excluding carboxylic acids is 2. The molecule has 0 bridgehead atoms. The van der Waals surface area contributed by atoms with E-state index in [-0.39, 0.29) is 23.7 Å². The summed E-state index contributed by atoms with van der Waals surface area (Å²) < 4.78 is 1.22. The maximum absolute atomic E-state index is 12.5. The predicted octanol–water partition coefficient (Wildman–Crippen LogP) is 1.91. The van der Waals surface area contributed by atoms with Crippen molar-refractivity contribution in [3.8, 4) is 0 Å². The Bertz CT molecular complexity index is 836. The van der Waals surface area contributed by atoms with E-state index in [1.54, 1.807) is 31.2 Å². The van der Waals surface area contributed by atoms with E-state index in [4.69, 9.17) is 0 Å². The van der Waals surface area contributed by atoms with Crippen LogP contribution in [0.4, 0.5) is 0 Å². The summed E-state index contributed by atoms with van der Waals surface area (Å²) in [5, 5.41) is 0. The maximum Gasteiger partial charge on any atom is 0.269 e. The monoisotopic (exact) mass is 296 g/mol. The highest BCUT2D eigenvalue weighted by molar-refractivity contribution is 6.08. The highest BCUT2D eigenvalue weighted by Gasteiger charge is 2.34. The molecule has 22 heavy (non-hydrogen) atoms. The Morgan fingerprint density at radius 1 is 1.18 bits per heavy atom. The van der Waals surface area contributed by atoms with E-state index in [1.807, 2.05) is 13.0 Å². The fourth-order valence-corrected chi connectivity index (χ4v) is 2.89. The molecule has 0 spiro atoms. The highest BCUT2D eigenvalue weighted by Crippen LogP contribution is 2.33. The van der Waals surface area contributed by atoms with Crippen molar-refractivity contribution in [1.29, 1.82) is 0 Å². The van der Waals surface area contributed by atoms with Gasteiger partial charge in [-0.2, -0.15) is 0 Å². The molecule has 2 aromatic rings. The number of aryl methyl sites for hydroxylation is 2. The molecule has 1 aliphatic carbocycles. The summed E-state index contributed by atoms with van der Waals surface area (Å²) in [6, 6.07) is 10.4. The van der Waals surface area contributed by atoms with E-state index >= 15 is 0 Å². The van der Waals surface area contributed by atoms with Crippen LogP contribution in [-0.2, 0) is 4.79 Å². The number of pyridine rings is 1. The first-order valence-corrected chi connectivity index (χ1v) is 7.10. The standard InChI is InChI=1S/C17H16N2O3/c1-10-7-11(2)19(16(21)8-10)18-17(22)14-9-15(20)13-6-4-3-5-12(13)14/h3-8,14H,9H2,1-2H3,(H,18,22)/t14-/m0/s1. The quantitative estimate of drug-likeness (QED) is 0.920. The zero-order valence-electron chi connectivity index (χ0n) is 12.4. The number of rotatable bonds is 2. The molecular formula is C17H16N2O3. The van der Waals surface area contributed by atoms with Crippen LogP contribution in [0.25, 0.3) is 0 Å². The topological polar surface area (TPSA) is 68.2 Å². The first-order valence-electron chi connectivity index (χ1n) is 7.10. The molecule has 0 saturated heterocycles. The first-order chi connectivity index (χ1) is 10.5. The van der Waals surface area contributed by atoms with Crippen LogP contribution < -0.4 is 11.0 Å². The first kappa shape index (κ1) is 14.3. The summed E-state index contributed by atoms with van der Waals surface area (Å²) in [6.45, 7) is 3.58. The second kappa shape index (κ2) is 5.26. The molecular weight excluding hydrogens is 280 g/mol. The summed E-state index contributed by atoms with van der Waals surface area (Å²) >= 11 is 0. The lowest BCUT2D eigenvalue weighted by atomic mass is 10.0. The minimum Gasteiger partial charge on any atom is -0.294 e. The summed E-state index contributed by atoms with van der Waals surface area (Å²) in [4.78, 5) is 36.5. The number of hydrogen-bond donors (Lipinski definition) is 1. The molecule has 5 heteroatoms. The van der Waals surface area contributed by atoms with Crippen molar-refractivity contribution in [3.05, 3.63) is 69.1 Å². The van der Waals surface area contributed by atoms with Gasteiger partial charge < -0.3 is 0 Å². The zero-order chi connectivity index (χ0) is 15.9. The molecule has 1 heterocycles. The molecule has 1 aliphatic rings. The molecule has 1 N–H and O–H groups in total. The number of Topliss-reactive ketones (excluding diaryl/α,β-unsaturated/α-hetero) is 1. The summed E-state index contributed by atoms with van der Waals surface area (Å²) in [7, 11) is 0. The minimum absolute atomic E-state index is 0.0382. The Labute approximate surface area is 127 Å². The number of amides is 1. The van der Waals surface area contributed by atoms with Crippen molar-refractivity contribution in [2.75, 3.05) is 5.43 Å². The summed E-state index contributed by atoms with van der Waals surface area (Å²) in [6.07, 6.45) is 0.144. The fraction of sp³-hybridized carbons (Fsp3) is 0.235. The van der Waals surface area contributed by atoms with Gasteiger partial charge in [0.1, 0.15) is 0 Å². The number of fused-ring (bicyclic) bond motifs is 1. The van der Waals surface area contributed by atoms with E-state index in [1.165, 1.54) is 10.7 Å². The third-order valence-electron chi connectivity index (χ3n) is 3.93. The van der Waals surface area contributed by atoms with Crippen molar-refractivity contribution in [2.24, 2.45) is 0 Å². The van der Waals surface area contributed by atoms with Gasteiger partial charge in [0, 0.05) is 23.7 Å². The molecule has 0 saturated carbocycles. The number of carbonyl (C=O) groups is 2. The molecule has 1 amide bonds. The molecule has 112 valence electrons. The highest BCUT2D eigenvalue weighted by atomic mass is 16.2. The lowest BCUT2D eigenvalue weighted by Crippen LogP contribution is -2.36. The molecule has 0 aliphatic heterocycles. The number of benzene rings is 1. The van der Waals surface area contributed by atoms with Gasteiger partial charge in [-0.1, -0.05) is 24.3 Å². The largest absolute Gasteiger partial charge is 0.294 e. The smallest absolute Gasteiger partial charge is 0.269 e. The molecule has 0 radical (unpaired) electrons. The van der Waals surface area contributed by atoms with Crippen molar-refractivity contribution in [1.82, 2.24) is 4.68 Å². The van der Waals surface area contributed by atoms with Gasteiger partial charge in [0.2, 0.25) is 5.91 Å². The van der Waals surface area contributed by atoms with E-state index in [0.29, 0.717) is 11.3 Å². The Morgan fingerprint density at radius 3 is 2.64 bits per heavy atom. The van der Waals surface area contributed by atoms with E-state index in [9.17, 15) is 14.4 Å². The minimum atomic E-state index is -0.545. The molecule has 1 aromatic carbocycles. The van der Waals surface area contributed by atoms with Gasteiger partial charge in [-0.05, 0) is 31.0 Å². The fourth-order valence-electron chi connectivity index (χ4n) is 2.89. The normalized spacial score (nSPS) is 16.5. The number of hydrogen-bond acceptors (Lipinski definition) is 3. The molecule has 1 aromatic heterocycles. The van der Waals surface area contributed by atoms with Gasteiger partial charge in [-0.25, -0.2) is 4.68 Å². The van der Waals surface area contributed by atoms with E-state index in [2.05, 4.69) is 5.43 Å². The second-order valence-electron chi connectivity index (χ2n) is 5.59.